The molecule has 160 valence electrons. The van der Waals surface area contributed by atoms with Gasteiger partial charge in [0.25, 0.3) is 0 Å². The van der Waals surface area contributed by atoms with Gasteiger partial charge in [0.2, 0.25) is 11.7 Å². The van der Waals surface area contributed by atoms with E-state index >= 15 is 0 Å². The Bertz CT molecular complexity index is 1180. The van der Waals surface area contributed by atoms with Crippen molar-refractivity contribution in [3.63, 3.8) is 0 Å². The first-order valence-electron chi connectivity index (χ1n) is 8.79. The Hall–Kier alpha value is -2.88. The average Bonchev–Trinajstić information content (AvgIpc) is 3.11. The number of nitrogens with zero attached hydrogens (tertiary/aromatic N) is 2. The van der Waals surface area contributed by atoms with E-state index in [1.54, 1.807) is 0 Å². The molecule has 30 heavy (non-hydrogen) atoms. The molecule has 1 aromatic heterocycles. The Kier molecular flexibility index (Phi) is 5.40. The van der Waals surface area contributed by atoms with Crippen molar-refractivity contribution in [2.75, 3.05) is 6.26 Å². The fourth-order valence-electron chi connectivity index (χ4n) is 2.58. The lowest BCUT2D eigenvalue weighted by Gasteiger charge is -2.16. The van der Waals surface area contributed by atoms with Gasteiger partial charge >= 0.3 is 6.18 Å². The molecule has 0 fully saturated rings. The summed E-state index contributed by atoms with van der Waals surface area (Å²) < 4.78 is 75.5. The van der Waals surface area contributed by atoms with Gasteiger partial charge in [-0.3, -0.25) is 0 Å². The Morgan fingerprint density at radius 3 is 2.23 bits per heavy atom. The average molecular weight is 440 g/mol. The summed E-state index contributed by atoms with van der Waals surface area (Å²) in [5.41, 5.74) is -1.47. The third-order valence-electron chi connectivity index (χ3n) is 4.08. The molecule has 6 nitrogen and oxygen atoms in total. The van der Waals surface area contributed by atoms with Crippen LogP contribution in [-0.4, -0.2) is 24.8 Å². The summed E-state index contributed by atoms with van der Waals surface area (Å²) in [7, 11) is -3.70. The molecule has 10 heteroatoms. The maximum absolute atomic E-state index is 13.7. The summed E-state index contributed by atoms with van der Waals surface area (Å²) in [6.45, 7) is 5.50. The van der Waals surface area contributed by atoms with E-state index in [9.17, 15) is 21.6 Å². The monoisotopic (exact) mass is 440 g/mol. The SMILES string of the molecule is CC(C)(C)c1nc(-c2ccc(Oc3ccccc3S(C)(=O)=O)c(C(F)(F)F)c2)no1. The Balaban J connectivity index is 2.07. The number of aromatic nitrogens is 2. The van der Waals surface area contributed by atoms with Crippen LogP contribution in [0.3, 0.4) is 0 Å². The summed E-state index contributed by atoms with van der Waals surface area (Å²) in [6, 6.07) is 8.78. The maximum atomic E-state index is 13.7. The van der Waals surface area contributed by atoms with Crippen LogP contribution in [0.1, 0.15) is 32.2 Å². The van der Waals surface area contributed by atoms with E-state index in [0.717, 1.165) is 18.4 Å². The van der Waals surface area contributed by atoms with Crippen LogP contribution in [0, 0.1) is 0 Å². The molecular formula is C20H19F3N2O4S. The van der Waals surface area contributed by atoms with Crippen molar-refractivity contribution in [3.8, 4) is 22.9 Å². The van der Waals surface area contributed by atoms with Crippen molar-refractivity contribution < 1.29 is 30.8 Å². The number of rotatable bonds is 4. The van der Waals surface area contributed by atoms with Crippen LogP contribution in [-0.2, 0) is 21.4 Å². The predicted octanol–water partition coefficient (Wildman–Crippen LogP) is 5.25. The minimum absolute atomic E-state index is 0.00788. The largest absolute Gasteiger partial charge is 0.455 e. The van der Waals surface area contributed by atoms with Crippen molar-refractivity contribution in [3.05, 3.63) is 53.9 Å². The highest BCUT2D eigenvalue weighted by Crippen LogP contribution is 2.41. The zero-order chi connectivity index (χ0) is 22.3. The lowest BCUT2D eigenvalue weighted by atomic mass is 9.97. The topological polar surface area (TPSA) is 82.3 Å². The lowest BCUT2D eigenvalue weighted by molar-refractivity contribution is -0.138. The second kappa shape index (κ2) is 7.42. The molecule has 0 radical (unpaired) electrons. The molecule has 3 rings (SSSR count). The third kappa shape index (κ3) is 4.64. The van der Waals surface area contributed by atoms with Gasteiger partial charge in [-0.1, -0.05) is 38.1 Å². The number of hydrogen-bond acceptors (Lipinski definition) is 6. The highest BCUT2D eigenvalue weighted by atomic mass is 32.2. The van der Waals surface area contributed by atoms with E-state index in [2.05, 4.69) is 10.1 Å². The molecule has 0 bridgehead atoms. The van der Waals surface area contributed by atoms with Crippen LogP contribution in [0.5, 0.6) is 11.5 Å². The number of ether oxygens (including phenoxy) is 1. The molecule has 1 heterocycles. The second-order valence-electron chi connectivity index (χ2n) is 7.70. The van der Waals surface area contributed by atoms with Crippen LogP contribution in [0.25, 0.3) is 11.4 Å². The van der Waals surface area contributed by atoms with E-state index in [1.807, 2.05) is 20.8 Å². The van der Waals surface area contributed by atoms with Crippen molar-refractivity contribution >= 4 is 9.84 Å². The second-order valence-corrected chi connectivity index (χ2v) is 9.69. The maximum Gasteiger partial charge on any atom is 0.420 e. The number of halogens is 3. The molecule has 0 aliphatic carbocycles. The van der Waals surface area contributed by atoms with Crippen molar-refractivity contribution in [1.29, 1.82) is 0 Å². The first-order valence-corrected chi connectivity index (χ1v) is 10.7. The molecule has 0 atom stereocenters. The Morgan fingerprint density at radius 2 is 1.67 bits per heavy atom. The van der Waals surface area contributed by atoms with Crippen LogP contribution < -0.4 is 4.74 Å². The zero-order valence-corrected chi connectivity index (χ0v) is 17.4. The molecule has 3 aromatic rings. The van der Waals surface area contributed by atoms with Crippen molar-refractivity contribution in [1.82, 2.24) is 10.1 Å². The predicted molar refractivity (Wildman–Crippen MR) is 103 cm³/mol. The quantitative estimate of drug-likeness (QED) is 0.551. The van der Waals surface area contributed by atoms with Crippen LogP contribution in [0.15, 0.2) is 51.9 Å². The van der Waals surface area contributed by atoms with Gasteiger partial charge in [0, 0.05) is 17.2 Å². The zero-order valence-electron chi connectivity index (χ0n) is 16.6. The van der Waals surface area contributed by atoms with Gasteiger partial charge in [-0.2, -0.15) is 18.2 Å². The van der Waals surface area contributed by atoms with Gasteiger partial charge in [-0.25, -0.2) is 8.42 Å². The Morgan fingerprint density at radius 1 is 1.00 bits per heavy atom. The van der Waals surface area contributed by atoms with E-state index in [0.29, 0.717) is 0 Å². The van der Waals surface area contributed by atoms with E-state index < -0.39 is 32.7 Å². The van der Waals surface area contributed by atoms with Crippen LogP contribution in [0.2, 0.25) is 0 Å². The van der Waals surface area contributed by atoms with Crippen LogP contribution >= 0.6 is 0 Å². The number of para-hydroxylation sites is 1. The molecule has 0 amide bonds. The highest BCUT2D eigenvalue weighted by Gasteiger charge is 2.36. The van der Waals surface area contributed by atoms with Gasteiger partial charge in [0.05, 0.1) is 5.56 Å². The summed E-state index contributed by atoms with van der Waals surface area (Å²) in [5, 5.41) is 3.76. The first kappa shape index (κ1) is 21.8. The minimum atomic E-state index is -4.76. The molecule has 0 unspecified atom stereocenters. The summed E-state index contributed by atoms with van der Waals surface area (Å²) in [6.07, 6.45) is -3.81. The van der Waals surface area contributed by atoms with Gasteiger partial charge in [0.1, 0.15) is 16.4 Å². The molecule has 0 aliphatic heterocycles. The summed E-state index contributed by atoms with van der Waals surface area (Å²) in [4.78, 5) is 3.96. The van der Waals surface area contributed by atoms with E-state index in [-0.39, 0.29) is 27.9 Å². The molecule has 0 saturated heterocycles. The number of sulfone groups is 1. The molecule has 2 aromatic carbocycles. The van der Waals surface area contributed by atoms with Crippen molar-refractivity contribution in [2.24, 2.45) is 0 Å². The molecule has 0 saturated carbocycles. The molecule has 0 aliphatic rings. The third-order valence-corrected chi connectivity index (χ3v) is 5.22. The summed E-state index contributed by atoms with van der Waals surface area (Å²) >= 11 is 0. The number of hydrogen-bond donors (Lipinski definition) is 0. The normalized spacial score (nSPS) is 12.8. The molecular weight excluding hydrogens is 421 g/mol. The van der Waals surface area contributed by atoms with Gasteiger partial charge in [-0.05, 0) is 30.3 Å². The Labute approximate surface area is 171 Å². The number of alkyl halides is 3. The van der Waals surface area contributed by atoms with E-state index in [4.69, 9.17) is 9.26 Å². The first-order chi connectivity index (χ1) is 13.8. The standard InChI is InChI=1S/C20H19F3N2O4S/c1-19(2,3)18-24-17(25-29-18)12-9-10-14(13(11-12)20(21,22)23)28-15-7-5-6-8-16(15)30(4,26)27/h5-11H,1-4H3. The minimum Gasteiger partial charge on any atom is -0.455 e. The van der Waals surface area contributed by atoms with E-state index in [1.165, 1.54) is 30.3 Å². The van der Waals surface area contributed by atoms with Gasteiger partial charge < -0.3 is 9.26 Å². The van der Waals surface area contributed by atoms with Gasteiger partial charge in [-0.15, -0.1) is 0 Å². The molecule has 0 spiro atoms. The molecule has 0 N–H and O–H groups in total. The van der Waals surface area contributed by atoms with Crippen LogP contribution in [0.4, 0.5) is 13.2 Å². The summed E-state index contributed by atoms with van der Waals surface area (Å²) in [5.74, 6) is -0.448. The fourth-order valence-corrected chi connectivity index (χ4v) is 3.39. The highest BCUT2D eigenvalue weighted by molar-refractivity contribution is 7.90. The number of benzene rings is 2. The fraction of sp³-hybridized carbons (Fsp3) is 0.300. The van der Waals surface area contributed by atoms with Crippen molar-refractivity contribution in [2.45, 2.75) is 37.3 Å². The van der Waals surface area contributed by atoms with Gasteiger partial charge in [0.15, 0.2) is 9.84 Å². The smallest absolute Gasteiger partial charge is 0.420 e. The lowest BCUT2D eigenvalue weighted by Crippen LogP contribution is -2.11.